The van der Waals surface area contributed by atoms with Crippen LogP contribution in [0.1, 0.15) is 56.0 Å². The summed E-state index contributed by atoms with van der Waals surface area (Å²) in [6, 6.07) is 0. The van der Waals surface area contributed by atoms with Crippen LogP contribution < -0.4 is 10.6 Å². The highest BCUT2D eigenvalue weighted by Gasteiger charge is 2.32. The van der Waals surface area contributed by atoms with Crippen LogP contribution in [0.3, 0.4) is 0 Å². The average Bonchev–Trinajstić information content (AvgIpc) is 2.79. The number of hydrogen-bond donors (Lipinski definition) is 2. The minimum atomic E-state index is -0.0117. The van der Waals surface area contributed by atoms with E-state index >= 15 is 0 Å². The van der Waals surface area contributed by atoms with E-state index in [1.807, 2.05) is 7.05 Å². The Bertz CT molecular complexity index is 464. The number of aromatic nitrogens is 1. The Labute approximate surface area is 125 Å². The molecule has 4 nitrogen and oxygen atoms in total. The van der Waals surface area contributed by atoms with E-state index in [2.05, 4.69) is 29.5 Å². The van der Waals surface area contributed by atoms with Gasteiger partial charge in [-0.3, -0.25) is 4.79 Å². The SMILES string of the molecule is CCc1nc(NC(=O)CC2(NC)CCCCC2)sc1C. The normalized spacial score (nSPS) is 17.9. The van der Waals surface area contributed by atoms with Crippen LogP contribution in [-0.2, 0) is 11.2 Å². The lowest BCUT2D eigenvalue weighted by atomic mass is 9.79. The quantitative estimate of drug-likeness (QED) is 0.876. The molecule has 0 spiro atoms. The van der Waals surface area contributed by atoms with Gasteiger partial charge in [0.2, 0.25) is 5.91 Å². The highest BCUT2D eigenvalue weighted by Crippen LogP contribution is 2.31. The first-order chi connectivity index (χ1) is 9.58. The predicted octanol–water partition coefficient (Wildman–Crippen LogP) is 3.26. The summed E-state index contributed by atoms with van der Waals surface area (Å²) in [5.74, 6) is 0.0812. The van der Waals surface area contributed by atoms with Crippen LogP contribution in [0.15, 0.2) is 0 Å². The summed E-state index contributed by atoms with van der Waals surface area (Å²) in [6.07, 6.45) is 7.36. The number of hydrogen-bond acceptors (Lipinski definition) is 4. The average molecular weight is 295 g/mol. The number of carbonyl (C=O) groups excluding carboxylic acids is 1. The van der Waals surface area contributed by atoms with Gasteiger partial charge in [0.15, 0.2) is 5.13 Å². The lowest BCUT2D eigenvalue weighted by molar-refractivity contribution is -0.117. The Morgan fingerprint density at radius 2 is 2.05 bits per heavy atom. The van der Waals surface area contributed by atoms with Gasteiger partial charge in [-0.2, -0.15) is 0 Å². The molecular formula is C15H25N3OS. The van der Waals surface area contributed by atoms with Gasteiger partial charge in [0.05, 0.1) is 5.69 Å². The maximum absolute atomic E-state index is 12.3. The number of aryl methyl sites for hydroxylation is 2. The molecule has 112 valence electrons. The van der Waals surface area contributed by atoms with Crippen LogP contribution in [0.5, 0.6) is 0 Å². The Kier molecular flexibility index (Phi) is 5.16. The Morgan fingerprint density at radius 1 is 1.35 bits per heavy atom. The standard InChI is InChI=1S/C15H25N3OS/c1-4-12-11(2)20-14(17-12)18-13(19)10-15(16-3)8-6-5-7-9-15/h16H,4-10H2,1-3H3,(H,17,18,19). The van der Waals surface area contributed by atoms with Gasteiger partial charge in [0.25, 0.3) is 0 Å². The van der Waals surface area contributed by atoms with Crippen molar-refractivity contribution in [3.63, 3.8) is 0 Å². The molecular weight excluding hydrogens is 270 g/mol. The molecule has 1 fully saturated rings. The molecule has 2 rings (SSSR count). The van der Waals surface area contributed by atoms with Gasteiger partial charge < -0.3 is 10.6 Å². The van der Waals surface area contributed by atoms with Crippen LogP contribution >= 0.6 is 11.3 Å². The summed E-state index contributed by atoms with van der Waals surface area (Å²) < 4.78 is 0. The minimum Gasteiger partial charge on any atom is -0.314 e. The van der Waals surface area contributed by atoms with Crippen LogP contribution in [0.4, 0.5) is 5.13 Å². The van der Waals surface area contributed by atoms with Gasteiger partial charge >= 0.3 is 0 Å². The molecule has 0 unspecified atom stereocenters. The van der Waals surface area contributed by atoms with Gasteiger partial charge in [0, 0.05) is 16.8 Å². The van der Waals surface area contributed by atoms with E-state index in [9.17, 15) is 4.79 Å². The molecule has 1 saturated carbocycles. The van der Waals surface area contributed by atoms with Crippen molar-refractivity contribution < 1.29 is 4.79 Å². The lowest BCUT2D eigenvalue weighted by Gasteiger charge is -2.36. The highest BCUT2D eigenvalue weighted by atomic mass is 32.1. The monoisotopic (exact) mass is 295 g/mol. The number of nitrogens with zero attached hydrogens (tertiary/aromatic N) is 1. The Balaban J connectivity index is 1.97. The first-order valence-electron chi connectivity index (χ1n) is 7.53. The van der Waals surface area contributed by atoms with E-state index in [0.29, 0.717) is 6.42 Å². The van der Waals surface area contributed by atoms with Crippen LogP contribution in [0.25, 0.3) is 0 Å². The van der Waals surface area contributed by atoms with Crippen LogP contribution in [0.2, 0.25) is 0 Å². The van der Waals surface area contributed by atoms with Gasteiger partial charge in [-0.25, -0.2) is 4.98 Å². The molecule has 0 atom stereocenters. The van der Waals surface area contributed by atoms with E-state index in [-0.39, 0.29) is 11.4 Å². The number of rotatable bonds is 5. The zero-order valence-electron chi connectivity index (χ0n) is 12.7. The molecule has 1 aromatic heterocycles. The second-order valence-corrected chi connectivity index (χ2v) is 6.89. The number of amides is 1. The molecule has 2 N–H and O–H groups in total. The molecule has 1 heterocycles. The summed E-state index contributed by atoms with van der Waals surface area (Å²) in [7, 11) is 1.97. The van der Waals surface area contributed by atoms with Gasteiger partial charge in [-0.05, 0) is 33.2 Å². The summed E-state index contributed by atoms with van der Waals surface area (Å²) in [5.41, 5.74) is 1.08. The molecule has 20 heavy (non-hydrogen) atoms. The van der Waals surface area contributed by atoms with Crippen molar-refractivity contribution in [2.75, 3.05) is 12.4 Å². The second-order valence-electron chi connectivity index (χ2n) is 5.69. The van der Waals surface area contributed by atoms with Crippen molar-refractivity contribution in [1.82, 2.24) is 10.3 Å². The van der Waals surface area contributed by atoms with Gasteiger partial charge in [0.1, 0.15) is 0 Å². The third kappa shape index (κ3) is 3.58. The van der Waals surface area contributed by atoms with Crippen LogP contribution in [-0.4, -0.2) is 23.5 Å². The van der Waals surface area contributed by atoms with E-state index in [0.717, 1.165) is 30.1 Å². The summed E-state index contributed by atoms with van der Waals surface area (Å²) in [5, 5.41) is 7.10. The second kappa shape index (κ2) is 6.68. The fourth-order valence-electron chi connectivity index (χ4n) is 3.02. The first kappa shape index (κ1) is 15.4. The fourth-order valence-corrected chi connectivity index (χ4v) is 3.94. The molecule has 0 aromatic carbocycles. The van der Waals surface area contributed by atoms with Crippen molar-refractivity contribution in [3.05, 3.63) is 10.6 Å². The molecule has 1 aliphatic carbocycles. The molecule has 0 bridgehead atoms. The number of thiazole rings is 1. The first-order valence-corrected chi connectivity index (χ1v) is 8.35. The minimum absolute atomic E-state index is 0.0117. The van der Waals surface area contributed by atoms with Crippen molar-refractivity contribution in [2.24, 2.45) is 0 Å². The number of nitrogens with one attached hydrogen (secondary N) is 2. The van der Waals surface area contributed by atoms with E-state index in [4.69, 9.17) is 0 Å². The van der Waals surface area contributed by atoms with E-state index < -0.39 is 0 Å². The molecule has 1 aromatic rings. The van der Waals surface area contributed by atoms with Gasteiger partial charge in [-0.15, -0.1) is 11.3 Å². The van der Waals surface area contributed by atoms with E-state index in [1.165, 1.54) is 24.1 Å². The van der Waals surface area contributed by atoms with Crippen molar-refractivity contribution in [3.8, 4) is 0 Å². The lowest BCUT2D eigenvalue weighted by Crippen LogP contribution is -2.47. The van der Waals surface area contributed by atoms with E-state index in [1.54, 1.807) is 11.3 Å². The number of carbonyl (C=O) groups is 1. The molecule has 1 aliphatic rings. The third-order valence-corrected chi connectivity index (χ3v) is 5.24. The molecule has 1 amide bonds. The van der Waals surface area contributed by atoms with Gasteiger partial charge in [-0.1, -0.05) is 26.2 Å². The maximum atomic E-state index is 12.3. The van der Waals surface area contributed by atoms with Crippen molar-refractivity contribution in [2.45, 2.75) is 64.3 Å². The molecule has 5 heteroatoms. The molecule has 0 saturated heterocycles. The van der Waals surface area contributed by atoms with Crippen LogP contribution in [0, 0.1) is 6.92 Å². The van der Waals surface area contributed by atoms with Crippen molar-refractivity contribution >= 4 is 22.4 Å². The molecule has 0 radical (unpaired) electrons. The third-order valence-electron chi connectivity index (χ3n) is 4.31. The number of anilines is 1. The summed E-state index contributed by atoms with van der Waals surface area (Å²) in [4.78, 5) is 17.9. The topological polar surface area (TPSA) is 54.0 Å². The maximum Gasteiger partial charge on any atom is 0.228 e. The Morgan fingerprint density at radius 3 is 2.60 bits per heavy atom. The fraction of sp³-hybridized carbons (Fsp3) is 0.733. The summed E-state index contributed by atoms with van der Waals surface area (Å²) >= 11 is 1.57. The predicted molar refractivity (Wildman–Crippen MR) is 84.4 cm³/mol. The zero-order chi connectivity index (χ0) is 14.6. The highest BCUT2D eigenvalue weighted by molar-refractivity contribution is 7.15. The zero-order valence-corrected chi connectivity index (χ0v) is 13.5. The van der Waals surface area contributed by atoms with Crippen molar-refractivity contribution in [1.29, 1.82) is 0 Å². The molecule has 0 aliphatic heterocycles. The smallest absolute Gasteiger partial charge is 0.228 e. The largest absolute Gasteiger partial charge is 0.314 e. The Hall–Kier alpha value is -0.940. The summed E-state index contributed by atoms with van der Waals surface area (Å²) in [6.45, 7) is 4.15.